The van der Waals surface area contributed by atoms with Crippen molar-refractivity contribution < 1.29 is 24.2 Å². The molecule has 24 heavy (non-hydrogen) atoms. The summed E-state index contributed by atoms with van der Waals surface area (Å²) in [4.78, 5) is 33.8. The number of benzene rings is 1. The van der Waals surface area contributed by atoms with Gasteiger partial charge in [-0.2, -0.15) is 0 Å². The highest BCUT2D eigenvalue weighted by Gasteiger charge is 2.26. The molecular weight excluding hydrogens is 310 g/mol. The molecule has 1 amide bonds. The van der Waals surface area contributed by atoms with Crippen molar-refractivity contribution in [1.29, 1.82) is 0 Å². The van der Waals surface area contributed by atoms with Crippen LogP contribution >= 0.6 is 0 Å². The maximum atomic E-state index is 11.7. The number of rotatable bonds is 10. The number of ketones is 1. The summed E-state index contributed by atoms with van der Waals surface area (Å²) in [6.07, 6.45) is 1.26. The topological polar surface area (TPSA) is 92.7 Å². The summed E-state index contributed by atoms with van der Waals surface area (Å²) in [6, 6.07) is 6.86. The molecule has 0 aliphatic carbocycles. The van der Waals surface area contributed by atoms with E-state index >= 15 is 0 Å². The van der Waals surface area contributed by atoms with Crippen LogP contribution < -0.4 is 10.1 Å². The van der Waals surface area contributed by atoms with Crippen LogP contribution in [-0.2, 0) is 9.59 Å². The number of Topliss-reactive ketones (excluding diaryl/α,β-unsaturated/α-hetero) is 1. The number of nitrogens with one attached hydrogen (secondary N) is 1. The van der Waals surface area contributed by atoms with Crippen molar-refractivity contribution in [3.8, 4) is 5.75 Å². The quantitative estimate of drug-likeness (QED) is 0.506. The second kappa shape index (κ2) is 9.05. The van der Waals surface area contributed by atoms with Gasteiger partial charge in [0.2, 0.25) is 5.91 Å². The molecule has 0 aliphatic rings. The Bertz CT molecular complexity index is 578. The van der Waals surface area contributed by atoms with Crippen LogP contribution in [-0.4, -0.2) is 35.9 Å². The lowest BCUT2D eigenvalue weighted by Crippen LogP contribution is -2.31. The minimum atomic E-state index is -0.874. The van der Waals surface area contributed by atoms with E-state index in [4.69, 9.17) is 9.84 Å². The smallest absolute Gasteiger partial charge is 0.309 e. The van der Waals surface area contributed by atoms with E-state index in [0.29, 0.717) is 43.7 Å². The van der Waals surface area contributed by atoms with Crippen molar-refractivity contribution in [2.45, 2.75) is 40.0 Å². The van der Waals surface area contributed by atoms with Crippen LogP contribution in [0, 0.1) is 5.41 Å². The van der Waals surface area contributed by atoms with E-state index in [2.05, 4.69) is 5.32 Å². The Balaban J connectivity index is 2.19. The summed E-state index contributed by atoms with van der Waals surface area (Å²) in [6.45, 7) is 5.50. The third kappa shape index (κ3) is 6.81. The predicted octanol–water partition coefficient (Wildman–Crippen LogP) is 2.67. The van der Waals surface area contributed by atoms with Crippen molar-refractivity contribution in [1.82, 2.24) is 5.32 Å². The summed E-state index contributed by atoms with van der Waals surface area (Å²) in [5, 5.41) is 11.7. The lowest BCUT2D eigenvalue weighted by molar-refractivity contribution is -0.147. The lowest BCUT2D eigenvalue weighted by Gasteiger charge is -2.18. The van der Waals surface area contributed by atoms with E-state index in [1.54, 1.807) is 38.1 Å². The van der Waals surface area contributed by atoms with E-state index in [1.165, 1.54) is 6.92 Å². The fourth-order valence-corrected chi connectivity index (χ4v) is 1.92. The molecule has 2 N–H and O–H groups in total. The molecule has 132 valence electrons. The van der Waals surface area contributed by atoms with Crippen LogP contribution in [0.15, 0.2) is 24.3 Å². The van der Waals surface area contributed by atoms with Gasteiger partial charge in [0.05, 0.1) is 12.0 Å². The van der Waals surface area contributed by atoms with Crippen LogP contribution in [0.2, 0.25) is 0 Å². The molecule has 6 heteroatoms. The predicted molar refractivity (Wildman–Crippen MR) is 90.2 cm³/mol. The summed E-state index contributed by atoms with van der Waals surface area (Å²) in [5.41, 5.74) is -0.214. The number of carbonyl (C=O) groups is 3. The van der Waals surface area contributed by atoms with Crippen molar-refractivity contribution in [2.24, 2.45) is 5.41 Å². The summed E-state index contributed by atoms with van der Waals surface area (Å²) in [5.74, 6) is -0.333. The molecule has 0 aromatic heterocycles. The number of hydrogen-bond donors (Lipinski definition) is 2. The number of carbonyl (C=O) groups excluding carboxylic acids is 2. The van der Waals surface area contributed by atoms with Crippen LogP contribution in [0.4, 0.5) is 0 Å². The number of amides is 1. The SMILES string of the molecule is CC(=O)c1ccc(OCCCC(=O)NCCC(C)(C)C(=O)O)cc1. The normalized spacial score (nSPS) is 11.0. The second-order valence-corrected chi connectivity index (χ2v) is 6.32. The van der Waals surface area contributed by atoms with Crippen LogP contribution in [0.3, 0.4) is 0 Å². The van der Waals surface area contributed by atoms with Crippen LogP contribution in [0.1, 0.15) is 50.4 Å². The van der Waals surface area contributed by atoms with Gasteiger partial charge in [0, 0.05) is 18.5 Å². The summed E-state index contributed by atoms with van der Waals surface area (Å²) >= 11 is 0. The molecular formula is C18H25NO5. The summed E-state index contributed by atoms with van der Waals surface area (Å²) < 4.78 is 5.51. The highest BCUT2D eigenvalue weighted by Crippen LogP contribution is 2.19. The minimum Gasteiger partial charge on any atom is -0.494 e. The van der Waals surface area contributed by atoms with E-state index in [9.17, 15) is 14.4 Å². The molecule has 0 spiro atoms. The molecule has 1 aromatic carbocycles. The molecule has 0 heterocycles. The van der Waals surface area contributed by atoms with Gasteiger partial charge in [0.25, 0.3) is 0 Å². The molecule has 1 rings (SSSR count). The standard InChI is InChI=1S/C18H25NO5/c1-13(20)14-6-8-15(9-7-14)24-12-4-5-16(21)19-11-10-18(2,3)17(22)23/h6-9H,4-5,10-12H2,1-3H3,(H,19,21)(H,22,23). The van der Waals surface area contributed by atoms with Gasteiger partial charge in [-0.25, -0.2) is 0 Å². The third-order valence-electron chi connectivity index (χ3n) is 3.73. The Hall–Kier alpha value is -2.37. The Morgan fingerprint density at radius 3 is 2.33 bits per heavy atom. The van der Waals surface area contributed by atoms with Crippen LogP contribution in [0.25, 0.3) is 0 Å². The summed E-state index contributed by atoms with van der Waals surface area (Å²) in [7, 11) is 0. The van der Waals surface area contributed by atoms with E-state index in [0.717, 1.165) is 0 Å². The molecule has 0 bridgehead atoms. The highest BCUT2D eigenvalue weighted by molar-refractivity contribution is 5.94. The Labute approximate surface area is 142 Å². The van der Waals surface area contributed by atoms with Gasteiger partial charge in [-0.15, -0.1) is 0 Å². The first-order chi connectivity index (χ1) is 11.2. The maximum absolute atomic E-state index is 11.7. The van der Waals surface area contributed by atoms with Crippen molar-refractivity contribution >= 4 is 17.7 Å². The number of hydrogen-bond acceptors (Lipinski definition) is 4. The zero-order chi connectivity index (χ0) is 18.2. The fourth-order valence-electron chi connectivity index (χ4n) is 1.92. The largest absolute Gasteiger partial charge is 0.494 e. The molecule has 0 atom stereocenters. The lowest BCUT2D eigenvalue weighted by atomic mass is 9.90. The van der Waals surface area contributed by atoms with Crippen molar-refractivity contribution in [2.75, 3.05) is 13.2 Å². The van der Waals surface area contributed by atoms with Crippen molar-refractivity contribution in [3.05, 3.63) is 29.8 Å². The molecule has 0 fully saturated rings. The van der Waals surface area contributed by atoms with Gasteiger partial charge < -0.3 is 15.2 Å². The average molecular weight is 335 g/mol. The monoisotopic (exact) mass is 335 g/mol. The molecule has 0 unspecified atom stereocenters. The molecule has 0 saturated heterocycles. The second-order valence-electron chi connectivity index (χ2n) is 6.32. The van der Waals surface area contributed by atoms with E-state index in [1.807, 2.05) is 0 Å². The molecule has 6 nitrogen and oxygen atoms in total. The average Bonchev–Trinajstić information content (AvgIpc) is 2.51. The highest BCUT2D eigenvalue weighted by atomic mass is 16.5. The number of carboxylic acids is 1. The molecule has 0 aliphatic heterocycles. The van der Waals surface area contributed by atoms with Gasteiger partial charge in [0.15, 0.2) is 5.78 Å². The van der Waals surface area contributed by atoms with E-state index < -0.39 is 11.4 Å². The van der Waals surface area contributed by atoms with Gasteiger partial charge in [-0.3, -0.25) is 14.4 Å². The first-order valence-electron chi connectivity index (χ1n) is 7.96. The first-order valence-corrected chi connectivity index (χ1v) is 7.96. The zero-order valence-electron chi connectivity index (χ0n) is 14.4. The number of ether oxygens (including phenoxy) is 1. The van der Waals surface area contributed by atoms with Gasteiger partial charge in [0.1, 0.15) is 5.75 Å². The van der Waals surface area contributed by atoms with Gasteiger partial charge >= 0.3 is 5.97 Å². The van der Waals surface area contributed by atoms with Crippen molar-refractivity contribution in [3.63, 3.8) is 0 Å². The molecule has 0 radical (unpaired) electrons. The third-order valence-corrected chi connectivity index (χ3v) is 3.73. The van der Waals surface area contributed by atoms with Gasteiger partial charge in [-0.1, -0.05) is 0 Å². The Morgan fingerprint density at radius 1 is 1.17 bits per heavy atom. The molecule has 1 aromatic rings. The first kappa shape index (κ1) is 19.7. The fraction of sp³-hybridized carbons (Fsp3) is 0.500. The number of aliphatic carboxylic acids is 1. The zero-order valence-corrected chi connectivity index (χ0v) is 14.4. The van der Waals surface area contributed by atoms with E-state index in [-0.39, 0.29) is 11.7 Å². The minimum absolute atomic E-state index is 0.00398. The maximum Gasteiger partial charge on any atom is 0.309 e. The Kier molecular flexibility index (Phi) is 7.42. The number of carboxylic acid groups (broad SMARTS) is 1. The Morgan fingerprint density at radius 2 is 1.79 bits per heavy atom. The molecule has 0 saturated carbocycles. The van der Waals surface area contributed by atoms with Crippen LogP contribution in [0.5, 0.6) is 5.75 Å². The van der Waals surface area contributed by atoms with Gasteiger partial charge in [-0.05, 0) is 57.9 Å².